The molecule has 0 aromatic heterocycles. The normalized spacial score (nSPS) is 14.1. The number of amides is 3. The number of nitrogens with two attached hydrogens (primary N) is 2. The van der Waals surface area contributed by atoms with Gasteiger partial charge in [0.25, 0.3) is 0 Å². The summed E-state index contributed by atoms with van der Waals surface area (Å²) >= 11 is 0. The Bertz CT molecular complexity index is 758. The van der Waals surface area contributed by atoms with Crippen molar-refractivity contribution in [1.82, 2.24) is 5.06 Å². The number of halogens is 3. The Hall–Kier alpha value is -2.62. The molecule has 0 aliphatic carbocycles. The van der Waals surface area contributed by atoms with Crippen molar-refractivity contribution < 1.29 is 32.8 Å². The van der Waals surface area contributed by atoms with Crippen molar-refractivity contribution in [3.8, 4) is 0 Å². The molecule has 30 heavy (non-hydrogen) atoms. The van der Waals surface area contributed by atoms with Gasteiger partial charge < -0.3 is 11.5 Å². The number of nitrogens with zero attached hydrogens (tertiary/aromatic N) is 1. The van der Waals surface area contributed by atoms with Crippen LogP contribution in [0.15, 0.2) is 24.3 Å². The smallest absolute Gasteiger partial charge is 0.370 e. The van der Waals surface area contributed by atoms with Crippen molar-refractivity contribution >= 4 is 17.7 Å². The third-order valence-electron chi connectivity index (χ3n) is 4.66. The maximum Gasteiger partial charge on any atom is 0.416 e. The molecule has 1 aromatic carbocycles. The van der Waals surface area contributed by atoms with Crippen molar-refractivity contribution in [2.24, 2.45) is 22.8 Å². The summed E-state index contributed by atoms with van der Waals surface area (Å²) < 4.78 is 37.9. The van der Waals surface area contributed by atoms with E-state index in [2.05, 4.69) is 0 Å². The first-order valence-electron chi connectivity index (χ1n) is 9.40. The summed E-state index contributed by atoms with van der Waals surface area (Å²) in [4.78, 5) is 35.8. The number of alkyl halides is 3. The molecular formula is C20H28F3N3O4. The summed E-state index contributed by atoms with van der Waals surface area (Å²) in [5, 5.41) is 10.6. The summed E-state index contributed by atoms with van der Waals surface area (Å²) in [7, 11) is 0. The maximum atomic E-state index is 12.7. The lowest BCUT2D eigenvalue weighted by Gasteiger charge is -2.35. The monoisotopic (exact) mass is 431 g/mol. The third kappa shape index (κ3) is 7.33. The SMILES string of the molecule is CC(C)(C)[C@@H](C(N)=O)N(O)C(=O)[C@H](CCCc1ccc(C(F)(F)F)cc1)CC(N)=O. The topological polar surface area (TPSA) is 127 Å². The van der Waals surface area contributed by atoms with E-state index in [9.17, 15) is 32.8 Å². The van der Waals surface area contributed by atoms with Gasteiger partial charge in [-0.3, -0.25) is 19.6 Å². The molecule has 1 rings (SSSR count). The number of rotatable bonds is 9. The molecular weight excluding hydrogens is 403 g/mol. The zero-order valence-corrected chi connectivity index (χ0v) is 17.2. The summed E-state index contributed by atoms with van der Waals surface area (Å²) in [5.41, 5.74) is 9.53. The molecule has 0 fully saturated rings. The molecule has 2 atom stereocenters. The minimum atomic E-state index is -4.42. The second kappa shape index (κ2) is 9.92. The average molecular weight is 431 g/mol. The van der Waals surface area contributed by atoms with Gasteiger partial charge in [0.05, 0.1) is 5.56 Å². The lowest BCUT2D eigenvalue weighted by Crippen LogP contribution is -2.54. The molecule has 7 nitrogen and oxygen atoms in total. The number of benzene rings is 1. The maximum absolute atomic E-state index is 12.7. The third-order valence-corrected chi connectivity index (χ3v) is 4.66. The van der Waals surface area contributed by atoms with Gasteiger partial charge >= 0.3 is 6.18 Å². The Kier molecular flexibility index (Phi) is 8.41. The van der Waals surface area contributed by atoms with Crippen LogP contribution >= 0.6 is 0 Å². The van der Waals surface area contributed by atoms with Crippen LogP contribution in [0, 0.1) is 11.3 Å². The average Bonchev–Trinajstić information content (AvgIpc) is 2.58. The van der Waals surface area contributed by atoms with Crippen molar-refractivity contribution in [2.75, 3.05) is 0 Å². The molecule has 5 N–H and O–H groups in total. The molecule has 0 heterocycles. The van der Waals surface area contributed by atoms with Crippen LogP contribution in [-0.4, -0.2) is 34.0 Å². The minimum Gasteiger partial charge on any atom is -0.370 e. The zero-order valence-electron chi connectivity index (χ0n) is 17.2. The van der Waals surface area contributed by atoms with Crippen molar-refractivity contribution in [3.63, 3.8) is 0 Å². The van der Waals surface area contributed by atoms with E-state index in [0.29, 0.717) is 18.4 Å². The highest BCUT2D eigenvalue weighted by atomic mass is 19.4. The fraction of sp³-hybridized carbons (Fsp3) is 0.550. The van der Waals surface area contributed by atoms with E-state index in [4.69, 9.17) is 11.5 Å². The number of hydrogen-bond acceptors (Lipinski definition) is 4. The number of carbonyl (C=O) groups excluding carboxylic acids is 3. The second-order valence-electron chi connectivity index (χ2n) is 8.31. The highest BCUT2D eigenvalue weighted by Crippen LogP contribution is 2.30. The lowest BCUT2D eigenvalue weighted by molar-refractivity contribution is -0.192. The number of primary amides is 2. The zero-order chi connectivity index (χ0) is 23.3. The summed E-state index contributed by atoms with van der Waals surface area (Å²) in [6, 6.07) is 3.31. The van der Waals surface area contributed by atoms with Crippen LogP contribution < -0.4 is 11.5 Å². The predicted octanol–water partition coefficient (Wildman–Crippen LogP) is 2.64. The van der Waals surface area contributed by atoms with E-state index in [0.717, 1.165) is 12.1 Å². The van der Waals surface area contributed by atoms with E-state index in [-0.39, 0.29) is 17.9 Å². The van der Waals surface area contributed by atoms with E-state index in [1.165, 1.54) is 12.1 Å². The van der Waals surface area contributed by atoms with Gasteiger partial charge in [-0.15, -0.1) is 0 Å². The highest BCUT2D eigenvalue weighted by Gasteiger charge is 2.39. The Morgan fingerprint density at radius 2 is 1.60 bits per heavy atom. The van der Waals surface area contributed by atoms with Gasteiger partial charge in [-0.1, -0.05) is 32.9 Å². The van der Waals surface area contributed by atoms with Crippen LogP contribution in [0.3, 0.4) is 0 Å². The van der Waals surface area contributed by atoms with E-state index in [1.807, 2.05) is 0 Å². The molecule has 0 saturated carbocycles. The van der Waals surface area contributed by atoms with Crippen molar-refractivity contribution in [3.05, 3.63) is 35.4 Å². The summed E-state index contributed by atoms with van der Waals surface area (Å²) in [6.07, 6.45) is -3.94. The highest BCUT2D eigenvalue weighted by molar-refractivity contribution is 5.89. The van der Waals surface area contributed by atoms with Crippen LogP contribution in [0.1, 0.15) is 51.2 Å². The van der Waals surface area contributed by atoms with E-state index in [1.54, 1.807) is 20.8 Å². The van der Waals surface area contributed by atoms with Gasteiger partial charge in [0.1, 0.15) is 6.04 Å². The number of hydrogen-bond donors (Lipinski definition) is 3. The standard InChI is InChI=1S/C20H28F3N3O4/c1-19(2,3)16(17(25)28)26(30)18(29)13(11-15(24)27)6-4-5-12-7-9-14(10-8-12)20(21,22)23/h7-10,13,16,30H,4-6,11H2,1-3H3,(H2,24,27)(H2,25,28)/t13-,16-/m1/s1. The Balaban J connectivity index is 2.85. The predicted molar refractivity (Wildman–Crippen MR) is 103 cm³/mol. The Morgan fingerprint density at radius 1 is 1.07 bits per heavy atom. The van der Waals surface area contributed by atoms with Gasteiger partial charge in [0, 0.05) is 12.3 Å². The molecule has 0 aliphatic heterocycles. The van der Waals surface area contributed by atoms with Gasteiger partial charge in [-0.05, 0) is 42.4 Å². The number of hydroxylamine groups is 2. The Morgan fingerprint density at radius 3 is 2.00 bits per heavy atom. The van der Waals surface area contributed by atoms with Crippen LogP contribution in [0.25, 0.3) is 0 Å². The molecule has 3 amide bonds. The Labute approximate surface area is 173 Å². The van der Waals surface area contributed by atoms with E-state index < -0.39 is 46.8 Å². The second-order valence-corrected chi connectivity index (χ2v) is 8.31. The van der Waals surface area contributed by atoms with Gasteiger partial charge in [0.15, 0.2) is 0 Å². The molecule has 0 spiro atoms. The largest absolute Gasteiger partial charge is 0.416 e. The first kappa shape index (κ1) is 25.4. The molecule has 10 heteroatoms. The van der Waals surface area contributed by atoms with Crippen LogP contribution in [0.5, 0.6) is 0 Å². The first-order valence-corrected chi connectivity index (χ1v) is 9.40. The fourth-order valence-corrected chi connectivity index (χ4v) is 3.20. The van der Waals surface area contributed by atoms with Gasteiger partial charge in [0.2, 0.25) is 17.7 Å². The van der Waals surface area contributed by atoms with Gasteiger partial charge in [-0.2, -0.15) is 13.2 Å². The molecule has 1 aromatic rings. The minimum absolute atomic E-state index is 0.134. The molecule has 0 aliphatic rings. The van der Waals surface area contributed by atoms with E-state index >= 15 is 0 Å². The fourth-order valence-electron chi connectivity index (χ4n) is 3.20. The molecule has 0 unspecified atom stereocenters. The molecule has 168 valence electrons. The summed E-state index contributed by atoms with van der Waals surface area (Å²) in [5.74, 6) is -3.52. The quantitative estimate of drug-likeness (QED) is 0.410. The molecule has 0 radical (unpaired) electrons. The lowest BCUT2D eigenvalue weighted by atomic mass is 9.85. The molecule has 0 bridgehead atoms. The van der Waals surface area contributed by atoms with Crippen molar-refractivity contribution in [1.29, 1.82) is 0 Å². The summed E-state index contributed by atoms with van der Waals surface area (Å²) in [6.45, 7) is 4.85. The number of carbonyl (C=O) groups is 3. The number of aryl methyl sites for hydroxylation is 1. The first-order chi connectivity index (χ1) is 13.6. The van der Waals surface area contributed by atoms with Crippen LogP contribution in [-0.2, 0) is 27.0 Å². The molecule has 0 saturated heterocycles. The van der Waals surface area contributed by atoms with Gasteiger partial charge in [-0.25, -0.2) is 5.06 Å². The van der Waals surface area contributed by atoms with Crippen LogP contribution in [0.4, 0.5) is 13.2 Å². The van der Waals surface area contributed by atoms with Crippen LogP contribution in [0.2, 0.25) is 0 Å². The van der Waals surface area contributed by atoms with Crippen molar-refractivity contribution in [2.45, 2.75) is 58.7 Å².